The molecule has 0 aliphatic rings. The minimum Gasteiger partial charge on any atom is -0.424 e. The minimum atomic E-state index is -0.807. The average Bonchev–Trinajstić information content (AvgIpc) is 2.30. The van der Waals surface area contributed by atoms with E-state index in [-0.39, 0.29) is 5.57 Å². The van der Waals surface area contributed by atoms with Crippen molar-refractivity contribution in [3.05, 3.63) is 32.2 Å². The molecule has 0 bridgehead atoms. The Morgan fingerprint density at radius 3 is 2.26 bits per heavy atom. The standard InChI is InChI=1S/C12H8Br2N2O3/c1-6(17)19-11-9(13)3-7(4-10(11)14)2-8(5-15)12(16)18/h2-4H,1H3,(H2,16,18)/b8-2+. The van der Waals surface area contributed by atoms with Crippen molar-refractivity contribution in [2.45, 2.75) is 6.92 Å². The molecule has 98 valence electrons. The van der Waals surface area contributed by atoms with Gasteiger partial charge in [0.05, 0.1) is 8.95 Å². The van der Waals surface area contributed by atoms with Gasteiger partial charge in [0, 0.05) is 6.92 Å². The molecule has 19 heavy (non-hydrogen) atoms. The number of benzene rings is 1. The average molecular weight is 388 g/mol. The number of esters is 1. The van der Waals surface area contributed by atoms with Gasteiger partial charge in [0.1, 0.15) is 11.6 Å². The number of carbonyl (C=O) groups is 2. The van der Waals surface area contributed by atoms with E-state index in [4.69, 9.17) is 15.7 Å². The molecule has 0 spiro atoms. The van der Waals surface area contributed by atoms with Crippen LogP contribution in [0.4, 0.5) is 0 Å². The maximum atomic E-state index is 11.0. The molecule has 0 radical (unpaired) electrons. The maximum absolute atomic E-state index is 11.0. The zero-order valence-corrected chi connectivity index (χ0v) is 12.9. The van der Waals surface area contributed by atoms with Gasteiger partial charge in [0.25, 0.3) is 5.91 Å². The Balaban J connectivity index is 3.26. The van der Waals surface area contributed by atoms with E-state index in [0.717, 1.165) is 0 Å². The summed E-state index contributed by atoms with van der Waals surface area (Å²) >= 11 is 6.48. The van der Waals surface area contributed by atoms with Crippen molar-refractivity contribution in [2.75, 3.05) is 0 Å². The van der Waals surface area contributed by atoms with Crippen LogP contribution in [-0.4, -0.2) is 11.9 Å². The number of primary amides is 1. The molecule has 0 aromatic heterocycles. The fourth-order valence-electron chi connectivity index (χ4n) is 1.23. The molecule has 0 unspecified atom stereocenters. The summed E-state index contributed by atoms with van der Waals surface area (Å²) in [5, 5.41) is 8.76. The number of nitriles is 1. The van der Waals surface area contributed by atoms with Crippen LogP contribution in [0.3, 0.4) is 0 Å². The summed E-state index contributed by atoms with van der Waals surface area (Å²) < 4.78 is 6.01. The van der Waals surface area contributed by atoms with E-state index < -0.39 is 11.9 Å². The quantitative estimate of drug-likeness (QED) is 0.373. The number of hydrogen-bond acceptors (Lipinski definition) is 4. The molecule has 7 heteroatoms. The molecule has 0 aliphatic carbocycles. The number of ether oxygens (including phenoxy) is 1. The van der Waals surface area contributed by atoms with Crippen molar-refractivity contribution in [3.8, 4) is 11.8 Å². The monoisotopic (exact) mass is 386 g/mol. The van der Waals surface area contributed by atoms with Gasteiger partial charge in [0.15, 0.2) is 5.75 Å². The third-order valence-corrected chi connectivity index (χ3v) is 3.14. The third-order valence-electron chi connectivity index (χ3n) is 1.96. The summed E-state index contributed by atoms with van der Waals surface area (Å²) in [6.45, 7) is 1.29. The number of halogens is 2. The van der Waals surface area contributed by atoms with Gasteiger partial charge in [0.2, 0.25) is 0 Å². The van der Waals surface area contributed by atoms with Crippen LogP contribution in [0.5, 0.6) is 5.75 Å². The lowest BCUT2D eigenvalue weighted by atomic mass is 10.1. The van der Waals surface area contributed by atoms with Gasteiger partial charge < -0.3 is 10.5 Å². The number of nitrogens with zero attached hydrogens (tertiary/aromatic N) is 1. The highest BCUT2D eigenvalue weighted by molar-refractivity contribution is 9.11. The first-order valence-corrected chi connectivity index (χ1v) is 6.52. The van der Waals surface area contributed by atoms with Crippen molar-refractivity contribution in [1.29, 1.82) is 5.26 Å². The largest absolute Gasteiger partial charge is 0.424 e. The summed E-state index contributed by atoms with van der Waals surface area (Å²) in [7, 11) is 0. The van der Waals surface area contributed by atoms with Crippen molar-refractivity contribution < 1.29 is 14.3 Å². The molecule has 0 fully saturated rings. The summed E-state index contributed by atoms with van der Waals surface area (Å²) in [6.07, 6.45) is 1.34. The van der Waals surface area contributed by atoms with E-state index in [1.807, 2.05) is 0 Å². The predicted octanol–water partition coefficient (Wildman–Crippen LogP) is 2.53. The smallest absolute Gasteiger partial charge is 0.308 e. The van der Waals surface area contributed by atoms with E-state index in [0.29, 0.717) is 20.3 Å². The summed E-state index contributed by atoms with van der Waals surface area (Å²) in [6, 6.07) is 4.91. The number of rotatable bonds is 3. The van der Waals surface area contributed by atoms with Crippen LogP contribution in [0.15, 0.2) is 26.7 Å². The summed E-state index contributed by atoms with van der Waals surface area (Å²) in [4.78, 5) is 21.9. The molecular formula is C12H8Br2N2O3. The van der Waals surface area contributed by atoms with E-state index in [1.54, 1.807) is 18.2 Å². The Kier molecular flexibility index (Phi) is 5.27. The van der Waals surface area contributed by atoms with E-state index >= 15 is 0 Å². The third kappa shape index (κ3) is 4.19. The fourth-order valence-corrected chi connectivity index (χ4v) is 2.61. The van der Waals surface area contributed by atoms with E-state index in [1.165, 1.54) is 13.0 Å². The molecule has 0 aliphatic heterocycles. The lowest BCUT2D eigenvalue weighted by Crippen LogP contribution is -2.12. The molecule has 0 saturated heterocycles. The zero-order valence-electron chi connectivity index (χ0n) is 9.74. The molecule has 0 atom stereocenters. The summed E-state index contributed by atoms with van der Waals surface area (Å²) in [5.74, 6) is -0.944. The number of carbonyl (C=O) groups excluding carboxylic acids is 2. The van der Waals surface area contributed by atoms with Crippen molar-refractivity contribution in [3.63, 3.8) is 0 Å². The van der Waals surface area contributed by atoms with Gasteiger partial charge in [-0.1, -0.05) is 0 Å². The van der Waals surface area contributed by atoms with Crippen LogP contribution in [0.2, 0.25) is 0 Å². The molecule has 5 nitrogen and oxygen atoms in total. The highest BCUT2D eigenvalue weighted by Gasteiger charge is 2.11. The van der Waals surface area contributed by atoms with Gasteiger partial charge in [-0.05, 0) is 55.6 Å². The number of nitrogens with two attached hydrogens (primary N) is 1. The highest BCUT2D eigenvalue weighted by atomic mass is 79.9. The first-order chi connectivity index (χ1) is 8.85. The zero-order chi connectivity index (χ0) is 14.6. The predicted molar refractivity (Wildman–Crippen MR) is 75.9 cm³/mol. The molecule has 1 amide bonds. The first kappa shape index (κ1) is 15.4. The van der Waals surface area contributed by atoms with Gasteiger partial charge in [-0.25, -0.2) is 0 Å². The van der Waals surface area contributed by atoms with Crippen LogP contribution < -0.4 is 10.5 Å². The first-order valence-electron chi connectivity index (χ1n) is 4.94. The van der Waals surface area contributed by atoms with E-state index in [9.17, 15) is 9.59 Å². The van der Waals surface area contributed by atoms with Crippen LogP contribution in [0.1, 0.15) is 12.5 Å². The van der Waals surface area contributed by atoms with Crippen LogP contribution in [0, 0.1) is 11.3 Å². The lowest BCUT2D eigenvalue weighted by molar-refractivity contribution is -0.132. The Hall–Kier alpha value is -1.65. The second-order valence-corrected chi connectivity index (χ2v) is 5.15. The molecule has 1 aromatic rings. The van der Waals surface area contributed by atoms with Gasteiger partial charge in [-0.15, -0.1) is 0 Å². The molecule has 1 aromatic carbocycles. The molecule has 1 rings (SSSR count). The topological polar surface area (TPSA) is 93.2 Å². The Labute approximate surface area is 126 Å². The molecule has 2 N–H and O–H groups in total. The number of amides is 1. The van der Waals surface area contributed by atoms with Crippen LogP contribution in [-0.2, 0) is 9.59 Å². The van der Waals surface area contributed by atoms with Crippen LogP contribution in [0.25, 0.3) is 6.08 Å². The molecular weight excluding hydrogens is 380 g/mol. The molecule has 0 saturated carbocycles. The molecule has 0 heterocycles. The Morgan fingerprint density at radius 2 is 1.89 bits per heavy atom. The van der Waals surface area contributed by atoms with Gasteiger partial charge in [-0.3, -0.25) is 9.59 Å². The van der Waals surface area contributed by atoms with E-state index in [2.05, 4.69) is 31.9 Å². The summed E-state index contributed by atoms with van der Waals surface area (Å²) in [5.41, 5.74) is 5.44. The second kappa shape index (κ2) is 6.50. The Bertz CT molecular complexity index is 595. The minimum absolute atomic E-state index is 0.168. The number of hydrogen-bond donors (Lipinski definition) is 1. The van der Waals surface area contributed by atoms with Crippen LogP contribution >= 0.6 is 31.9 Å². The normalized spacial score (nSPS) is 10.7. The second-order valence-electron chi connectivity index (χ2n) is 3.44. The SMILES string of the molecule is CC(=O)Oc1c(Br)cc(/C=C(\C#N)C(N)=O)cc1Br. The van der Waals surface area contributed by atoms with Crippen molar-refractivity contribution >= 4 is 49.8 Å². The fraction of sp³-hybridized carbons (Fsp3) is 0.0833. The van der Waals surface area contributed by atoms with Gasteiger partial charge in [-0.2, -0.15) is 5.26 Å². The van der Waals surface area contributed by atoms with Crippen molar-refractivity contribution in [2.24, 2.45) is 5.73 Å². The maximum Gasteiger partial charge on any atom is 0.308 e. The highest BCUT2D eigenvalue weighted by Crippen LogP contribution is 2.35. The lowest BCUT2D eigenvalue weighted by Gasteiger charge is -2.08. The van der Waals surface area contributed by atoms with Gasteiger partial charge >= 0.3 is 5.97 Å². The van der Waals surface area contributed by atoms with Crippen molar-refractivity contribution in [1.82, 2.24) is 0 Å². The Morgan fingerprint density at radius 1 is 1.37 bits per heavy atom.